The second kappa shape index (κ2) is 5.87. The molecule has 4 heteroatoms. The lowest BCUT2D eigenvalue weighted by Crippen LogP contribution is -1.71. The van der Waals surface area contributed by atoms with Crippen molar-refractivity contribution in [2.75, 3.05) is 0 Å². The van der Waals surface area contributed by atoms with Crippen molar-refractivity contribution in [3.05, 3.63) is 58.6 Å². The molecule has 2 aromatic rings. The zero-order chi connectivity index (χ0) is 11.4. The van der Waals surface area contributed by atoms with E-state index < -0.39 is 0 Å². The van der Waals surface area contributed by atoms with Gasteiger partial charge in [0, 0.05) is 9.79 Å². The van der Waals surface area contributed by atoms with Crippen LogP contribution in [-0.4, -0.2) is 0 Å². The fraction of sp³-hybridized carbons (Fsp3) is 0. The minimum atomic E-state index is 0.593. The summed E-state index contributed by atoms with van der Waals surface area (Å²) in [5.74, 6) is 0. The molecule has 82 valence electrons. The number of halogens is 2. The van der Waals surface area contributed by atoms with Crippen molar-refractivity contribution in [2.45, 2.75) is 9.79 Å². The van der Waals surface area contributed by atoms with E-state index in [0.717, 1.165) is 4.90 Å². The van der Waals surface area contributed by atoms with Crippen molar-refractivity contribution in [3.8, 4) is 0 Å². The minimum absolute atomic E-state index is 0.593. The fourth-order valence-corrected chi connectivity index (χ4v) is 3.44. The molecule has 0 saturated carbocycles. The molecule has 0 unspecified atom stereocenters. The minimum Gasteiger partial charge on any atom is -0.0827 e. The van der Waals surface area contributed by atoms with Crippen LogP contribution in [0.1, 0.15) is 0 Å². The molecule has 0 heterocycles. The standard InChI is InChI=1S/C12H8Cl2S2/c13-11-7-6-10(8-12(11)14)16-15-9-4-2-1-3-5-9/h1-8H. The van der Waals surface area contributed by atoms with Crippen LogP contribution in [0.5, 0.6) is 0 Å². The first-order valence-electron chi connectivity index (χ1n) is 4.60. The predicted octanol–water partition coefficient (Wildman–Crippen LogP) is 5.79. The number of hydrogen-bond donors (Lipinski definition) is 0. The van der Waals surface area contributed by atoms with E-state index in [1.165, 1.54) is 4.90 Å². The van der Waals surface area contributed by atoms with Gasteiger partial charge in [-0.25, -0.2) is 0 Å². The Hall–Kier alpha value is -0.280. The Labute approximate surface area is 113 Å². The van der Waals surface area contributed by atoms with Crippen molar-refractivity contribution in [1.82, 2.24) is 0 Å². The highest BCUT2D eigenvalue weighted by atomic mass is 35.5. The van der Waals surface area contributed by atoms with Crippen LogP contribution in [0.15, 0.2) is 58.3 Å². The van der Waals surface area contributed by atoms with Gasteiger partial charge in [-0.1, -0.05) is 63.0 Å². The second-order valence-electron chi connectivity index (χ2n) is 3.06. The number of benzene rings is 2. The first-order chi connectivity index (χ1) is 7.75. The second-order valence-corrected chi connectivity index (χ2v) is 6.15. The Morgan fingerprint density at radius 1 is 0.688 bits per heavy atom. The van der Waals surface area contributed by atoms with Gasteiger partial charge in [0.15, 0.2) is 0 Å². The lowest BCUT2D eigenvalue weighted by Gasteiger charge is -2.02. The molecule has 0 aromatic heterocycles. The van der Waals surface area contributed by atoms with E-state index in [-0.39, 0.29) is 0 Å². The molecule has 0 N–H and O–H groups in total. The Morgan fingerprint density at radius 2 is 1.38 bits per heavy atom. The zero-order valence-electron chi connectivity index (χ0n) is 8.19. The van der Waals surface area contributed by atoms with Gasteiger partial charge >= 0.3 is 0 Å². The molecular formula is C12H8Cl2S2. The molecule has 0 amide bonds. The molecule has 0 aliphatic carbocycles. The lowest BCUT2D eigenvalue weighted by molar-refractivity contribution is 1.47. The van der Waals surface area contributed by atoms with Gasteiger partial charge in [0.1, 0.15) is 0 Å². The highest BCUT2D eigenvalue weighted by Gasteiger charge is 2.01. The van der Waals surface area contributed by atoms with Crippen molar-refractivity contribution in [3.63, 3.8) is 0 Å². The normalized spacial score (nSPS) is 10.4. The van der Waals surface area contributed by atoms with E-state index in [2.05, 4.69) is 12.1 Å². The van der Waals surface area contributed by atoms with Crippen LogP contribution >= 0.6 is 44.8 Å². The number of hydrogen-bond acceptors (Lipinski definition) is 2. The van der Waals surface area contributed by atoms with Gasteiger partial charge in [-0.3, -0.25) is 0 Å². The van der Waals surface area contributed by atoms with Crippen LogP contribution in [-0.2, 0) is 0 Å². The molecule has 0 saturated heterocycles. The monoisotopic (exact) mass is 286 g/mol. The van der Waals surface area contributed by atoms with E-state index in [9.17, 15) is 0 Å². The Bertz CT molecular complexity index is 472. The van der Waals surface area contributed by atoms with Gasteiger partial charge in [0.2, 0.25) is 0 Å². The van der Waals surface area contributed by atoms with E-state index in [0.29, 0.717) is 10.0 Å². The van der Waals surface area contributed by atoms with Gasteiger partial charge in [-0.15, -0.1) is 0 Å². The zero-order valence-corrected chi connectivity index (χ0v) is 11.3. The van der Waals surface area contributed by atoms with Gasteiger partial charge in [0.05, 0.1) is 10.0 Å². The molecule has 16 heavy (non-hydrogen) atoms. The van der Waals surface area contributed by atoms with Crippen molar-refractivity contribution >= 4 is 44.8 Å². The van der Waals surface area contributed by atoms with Crippen LogP contribution in [0, 0.1) is 0 Å². The lowest BCUT2D eigenvalue weighted by atomic mass is 10.4. The van der Waals surface area contributed by atoms with Gasteiger partial charge in [-0.2, -0.15) is 0 Å². The number of rotatable bonds is 3. The average Bonchev–Trinajstić information content (AvgIpc) is 2.32. The van der Waals surface area contributed by atoms with Crippen molar-refractivity contribution in [2.24, 2.45) is 0 Å². The third kappa shape index (κ3) is 3.36. The first-order valence-corrected chi connectivity index (χ1v) is 7.51. The summed E-state index contributed by atoms with van der Waals surface area (Å²) in [5.41, 5.74) is 0. The smallest absolute Gasteiger partial charge is 0.0603 e. The molecule has 0 spiro atoms. The van der Waals surface area contributed by atoms with Crippen LogP contribution in [0.4, 0.5) is 0 Å². The summed E-state index contributed by atoms with van der Waals surface area (Å²) < 4.78 is 0. The SMILES string of the molecule is Clc1ccc(SSc2ccccc2)cc1Cl. The summed E-state index contributed by atoms with van der Waals surface area (Å²) >= 11 is 11.8. The molecule has 0 bridgehead atoms. The topological polar surface area (TPSA) is 0 Å². The fourth-order valence-electron chi connectivity index (χ4n) is 1.10. The van der Waals surface area contributed by atoms with E-state index in [1.807, 2.05) is 36.4 Å². The third-order valence-electron chi connectivity index (χ3n) is 1.87. The van der Waals surface area contributed by atoms with Crippen molar-refractivity contribution in [1.29, 1.82) is 0 Å². The molecule has 0 aliphatic heterocycles. The Kier molecular flexibility index (Phi) is 4.47. The van der Waals surface area contributed by atoms with Gasteiger partial charge in [-0.05, 0) is 30.3 Å². The predicted molar refractivity (Wildman–Crippen MR) is 74.6 cm³/mol. The summed E-state index contributed by atoms with van der Waals surface area (Å²) in [7, 11) is 3.37. The average molecular weight is 287 g/mol. The largest absolute Gasteiger partial charge is 0.0827 e. The summed E-state index contributed by atoms with van der Waals surface area (Å²) in [4.78, 5) is 2.32. The Morgan fingerprint density at radius 3 is 2.06 bits per heavy atom. The van der Waals surface area contributed by atoms with E-state index >= 15 is 0 Å². The summed E-state index contributed by atoms with van der Waals surface area (Å²) in [5, 5.41) is 1.19. The summed E-state index contributed by atoms with van der Waals surface area (Å²) in [6.45, 7) is 0. The molecular weight excluding hydrogens is 279 g/mol. The summed E-state index contributed by atoms with van der Waals surface area (Å²) in [6.07, 6.45) is 0. The molecule has 0 radical (unpaired) electrons. The molecule has 2 aromatic carbocycles. The maximum atomic E-state index is 5.94. The Balaban J connectivity index is 2.03. The summed E-state index contributed by atoms with van der Waals surface area (Å²) in [6, 6.07) is 15.9. The molecule has 0 atom stereocenters. The first kappa shape index (κ1) is 12.2. The quantitative estimate of drug-likeness (QED) is 0.655. The maximum absolute atomic E-state index is 5.94. The highest BCUT2D eigenvalue weighted by Crippen LogP contribution is 2.39. The van der Waals surface area contributed by atoms with E-state index in [1.54, 1.807) is 21.6 Å². The van der Waals surface area contributed by atoms with Crippen LogP contribution in [0.25, 0.3) is 0 Å². The molecule has 0 fully saturated rings. The maximum Gasteiger partial charge on any atom is 0.0603 e. The molecule has 0 nitrogen and oxygen atoms in total. The van der Waals surface area contributed by atoms with E-state index in [4.69, 9.17) is 23.2 Å². The molecule has 0 aliphatic rings. The van der Waals surface area contributed by atoms with Crippen LogP contribution in [0.3, 0.4) is 0 Å². The van der Waals surface area contributed by atoms with Crippen molar-refractivity contribution < 1.29 is 0 Å². The van der Waals surface area contributed by atoms with Gasteiger partial charge in [0.25, 0.3) is 0 Å². The highest BCUT2D eigenvalue weighted by molar-refractivity contribution is 8.76. The molecule has 2 rings (SSSR count). The van der Waals surface area contributed by atoms with Gasteiger partial charge < -0.3 is 0 Å². The van der Waals surface area contributed by atoms with Crippen LogP contribution in [0.2, 0.25) is 10.0 Å². The third-order valence-corrected chi connectivity index (χ3v) is 5.01. The van der Waals surface area contributed by atoms with Crippen LogP contribution < -0.4 is 0 Å².